The first-order chi connectivity index (χ1) is 7.63. The Bertz CT molecular complexity index is 210. The third-order valence-electron chi connectivity index (χ3n) is 3.11. The van der Waals surface area contributed by atoms with Crippen molar-refractivity contribution < 1.29 is 9.53 Å². The van der Waals surface area contributed by atoms with E-state index in [1.807, 2.05) is 6.92 Å². The number of esters is 1. The minimum atomic E-state index is -0.0416. The summed E-state index contributed by atoms with van der Waals surface area (Å²) in [5, 5.41) is 0. The molecule has 0 saturated carbocycles. The molecule has 1 heterocycles. The van der Waals surface area contributed by atoms with Gasteiger partial charge in [0.15, 0.2) is 0 Å². The molecule has 1 unspecified atom stereocenters. The van der Waals surface area contributed by atoms with Gasteiger partial charge in [-0.2, -0.15) is 0 Å². The molecule has 0 aromatic carbocycles. The van der Waals surface area contributed by atoms with Crippen LogP contribution >= 0.6 is 0 Å². The molecular weight excluding hydrogens is 202 g/mol. The predicted molar refractivity (Wildman–Crippen MR) is 65.3 cm³/mol. The first-order valence-corrected chi connectivity index (χ1v) is 6.53. The van der Waals surface area contributed by atoms with Crippen LogP contribution in [0.4, 0.5) is 0 Å². The average molecular weight is 227 g/mol. The van der Waals surface area contributed by atoms with Gasteiger partial charge in [0.2, 0.25) is 0 Å². The summed E-state index contributed by atoms with van der Waals surface area (Å²) < 4.78 is 5.05. The van der Waals surface area contributed by atoms with E-state index in [1.165, 1.54) is 12.8 Å². The average Bonchev–Trinajstić information content (AvgIpc) is 2.68. The summed E-state index contributed by atoms with van der Waals surface area (Å²) >= 11 is 0. The molecule has 0 aromatic rings. The summed E-state index contributed by atoms with van der Waals surface area (Å²) in [6, 6.07) is 0.390. The monoisotopic (exact) mass is 227 g/mol. The number of hydrogen-bond acceptors (Lipinski definition) is 3. The Morgan fingerprint density at radius 2 is 1.94 bits per heavy atom. The lowest BCUT2D eigenvalue weighted by molar-refractivity contribution is -0.144. The second kappa shape index (κ2) is 6.89. The van der Waals surface area contributed by atoms with Gasteiger partial charge in [-0.1, -0.05) is 13.8 Å². The van der Waals surface area contributed by atoms with E-state index in [0.29, 0.717) is 25.0 Å². The summed E-state index contributed by atoms with van der Waals surface area (Å²) in [7, 11) is 0. The molecule has 0 amide bonds. The zero-order valence-corrected chi connectivity index (χ0v) is 10.9. The van der Waals surface area contributed by atoms with Gasteiger partial charge in [-0.15, -0.1) is 0 Å². The van der Waals surface area contributed by atoms with Crippen LogP contribution in [0.1, 0.15) is 46.5 Å². The van der Waals surface area contributed by atoms with E-state index >= 15 is 0 Å². The number of carbonyl (C=O) groups excluding carboxylic acids is 1. The number of carbonyl (C=O) groups is 1. The van der Waals surface area contributed by atoms with Crippen LogP contribution < -0.4 is 0 Å². The molecule has 1 atom stereocenters. The van der Waals surface area contributed by atoms with Crippen molar-refractivity contribution in [2.45, 2.75) is 52.5 Å². The molecule has 0 radical (unpaired) electrons. The van der Waals surface area contributed by atoms with E-state index in [-0.39, 0.29) is 5.97 Å². The first-order valence-electron chi connectivity index (χ1n) is 6.53. The summed E-state index contributed by atoms with van der Waals surface area (Å²) in [5.41, 5.74) is 0. The van der Waals surface area contributed by atoms with Crippen LogP contribution in [0.5, 0.6) is 0 Å². The van der Waals surface area contributed by atoms with E-state index < -0.39 is 0 Å². The lowest BCUT2D eigenvalue weighted by atomic mass is 10.00. The van der Waals surface area contributed by atoms with Gasteiger partial charge in [-0.3, -0.25) is 9.69 Å². The first kappa shape index (κ1) is 13.5. The van der Waals surface area contributed by atoms with E-state index in [4.69, 9.17) is 4.74 Å². The highest BCUT2D eigenvalue weighted by molar-refractivity contribution is 5.70. The van der Waals surface area contributed by atoms with E-state index in [9.17, 15) is 4.79 Å². The van der Waals surface area contributed by atoms with Crippen LogP contribution in [0.15, 0.2) is 0 Å². The van der Waals surface area contributed by atoms with Gasteiger partial charge in [-0.25, -0.2) is 0 Å². The van der Waals surface area contributed by atoms with E-state index in [1.54, 1.807) is 0 Å². The number of likely N-dealkylation sites (tertiary alicyclic amines) is 1. The van der Waals surface area contributed by atoms with Crippen molar-refractivity contribution in [1.29, 1.82) is 0 Å². The molecule has 0 spiro atoms. The van der Waals surface area contributed by atoms with Crippen molar-refractivity contribution in [2.75, 3.05) is 19.7 Å². The van der Waals surface area contributed by atoms with Gasteiger partial charge in [0.1, 0.15) is 0 Å². The molecule has 3 nitrogen and oxygen atoms in total. The fraction of sp³-hybridized carbons (Fsp3) is 0.923. The molecule has 94 valence electrons. The van der Waals surface area contributed by atoms with Gasteiger partial charge in [-0.05, 0) is 45.2 Å². The second-order valence-electron chi connectivity index (χ2n) is 5.04. The molecule has 3 heteroatoms. The normalized spacial score (nSPS) is 19.0. The maximum atomic E-state index is 11.5. The second-order valence-corrected chi connectivity index (χ2v) is 5.04. The van der Waals surface area contributed by atoms with Crippen molar-refractivity contribution in [3.63, 3.8) is 0 Å². The van der Waals surface area contributed by atoms with Crippen molar-refractivity contribution in [3.8, 4) is 0 Å². The SMILES string of the molecule is CCOC(=O)CC(CC(C)C)N1CCCC1. The van der Waals surface area contributed by atoms with Gasteiger partial charge in [0.25, 0.3) is 0 Å². The Balaban J connectivity index is 2.45. The van der Waals surface area contributed by atoms with Crippen molar-refractivity contribution >= 4 is 5.97 Å². The lowest BCUT2D eigenvalue weighted by Crippen LogP contribution is -2.36. The third-order valence-corrected chi connectivity index (χ3v) is 3.11. The number of hydrogen-bond donors (Lipinski definition) is 0. The van der Waals surface area contributed by atoms with Gasteiger partial charge in [0.05, 0.1) is 13.0 Å². The summed E-state index contributed by atoms with van der Waals surface area (Å²) in [4.78, 5) is 14.0. The molecule has 1 rings (SSSR count). The Morgan fingerprint density at radius 3 is 2.44 bits per heavy atom. The maximum absolute atomic E-state index is 11.5. The Hall–Kier alpha value is -0.570. The van der Waals surface area contributed by atoms with Gasteiger partial charge in [0, 0.05) is 6.04 Å². The van der Waals surface area contributed by atoms with Crippen molar-refractivity contribution in [3.05, 3.63) is 0 Å². The highest BCUT2D eigenvalue weighted by Crippen LogP contribution is 2.20. The number of ether oxygens (including phenoxy) is 1. The number of rotatable bonds is 6. The molecule has 1 fully saturated rings. The molecule has 1 aliphatic rings. The minimum Gasteiger partial charge on any atom is -0.466 e. The van der Waals surface area contributed by atoms with Crippen molar-refractivity contribution in [2.24, 2.45) is 5.92 Å². The Morgan fingerprint density at radius 1 is 1.31 bits per heavy atom. The molecule has 1 saturated heterocycles. The Labute approximate surface area is 99.1 Å². The smallest absolute Gasteiger partial charge is 0.307 e. The van der Waals surface area contributed by atoms with Gasteiger partial charge < -0.3 is 4.74 Å². The summed E-state index contributed by atoms with van der Waals surface area (Å²) in [5.74, 6) is 0.597. The van der Waals surface area contributed by atoms with Crippen molar-refractivity contribution in [1.82, 2.24) is 4.90 Å². The molecule has 16 heavy (non-hydrogen) atoms. The lowest BCUT2D eigenvalue weighted by Gasteiger charge is -2.28. The molecule has 0 aromatic heterocycles. The molecule has 1 aliphatic heterocycles. The predicted octanol–water partition coefficient (Wildman–Crippen LogP) is 2.45. The third kappa shape index (κ3) is 4.52. The number of nitrogens with zero attached hydrogens (tertiary/aromatic N) is 1. The molecular formula is C13H25NO2. The summed E-state index contributed by atoms with van der Waals surface area (Å²) in [6.07, 6.45) is 4.21. The van der Waals surface area contributed by atoms with Crippen LogP contribution in [0, 0.1) is 5.92 Å². The molecule has 0 N–H and O–H groups in total. The van der Waals surface area contributed by atoms with Crippen LogP contribution in [-0.2, 0) is 9.53 Å². The summed E-state index contributed by atoms with van der Waals surface area (Å²) in [6.45, 7) is 9.09. The highest BCUT2D eigenvalue weighted by atomic mass is 16.5. The van der Waals surface area contributed by atoms with Gasteiger partial charge >= 0.3 is 5.97 Å². The molecule has 0 bridgehead atoms. The fourth-order valence-electron chi connectivity index (χ4n) is 2.42. The zero-order chi connectivity index (χ0) is 12.0. The van der Waals surface area contributed by atoms with E-state index in [0.717, 1.165) is 19.5 Å². The largest absolute Gasteiger partial charge is 0.466 e. The van der Waals surface area contributed by atoms with Crippen LogP contribution in [-0.4, -0.2) is 36.6 Å². The van der Waals surface area contributed by atoms with Crippen LogP contribution in [0.2, 0.25) is 0 Å². The highest BCUT2D eigenvalue weighted by Gasteiger charge is 2.25. The standard InChI is InChI=1S/C13H25NO2/c1-4-16-13(15)10-12(9-11(2)3)14-7-5-6-8-14/h11-12H,4-10H2,1-3H3. The quantitative estimate of drug-likeness (QED) is 0.653. The van der Waals surface area contributed by atoms with Crippen LogP contribution in [0.3, 0.4) is 0 Å². The topological polar surface area (TPSA) is 29.5 Å². The molecule has 0 aliphatic carbocycles. The van der Waals surface area contributed by atoms with Crippen LogP contribution in [0.25, 0.3) is 0 Å². The minimum absolute atomic E-state index is 0.0416. The Kier molecular flexibility index (Phi) is 5.81. The maximum Gasteiger partial charge on any atom is 0.307 e. The zero-order valence-electron chi connectivity index (χ0n) is 10.9. The fourth-order valence-corrected chi connectivity index (χ4v) is 2.42. The van der Waals surface area contributed by atoms with E-state index in [2.05, 4.69) is 18.7 Å².